The summed E-state index contributed by atoms with van der Waals surface area (Å²) >= 11 is 0. The van der Waals surface area contributed by atoms with Gasteiger partial charge in [-0.3, -0.25) is 4.79 Å². The van der Waals surface area contributed by atoms with Crippen LogP contribution in [0.2, 0.25) is 0 Å². The van der Waals surface area contributed by atoms with Gasteiger partial charge in [0.1, 0.15) is 5.75 Å². The predicted octanol–water partition coefficient (Wildman–Crippen LogP) is 3.89. The van der Waals surface area contributed by atoms with E-state index in [9.17, 15) is 9.59 Å². The first-order valence-corrected chi connectivity index (χ1v) is 7.50. The lowest BCUT2D eigenvalue weighted by atomic mass is 10.0. The largest absolute Gasteiger partial charge is 0.497 e. The molecular formula is C20H16O4. The van der Waals surface area contributed by atoms with Crippen molar-refractivity contribution in [1.29, 1.82) is 0 Å². The lowest BCUT2D eigenvalue weighted by molar-refractivity contribution is 0.0474. The number of esters is 1. The van der Waals surface area contributed by atoms with Crippen LogP contribution in [0.3, 0.4) is 0 Å². The van der Waals surface area contributed by atoms with E-state index < -0.39 is 5.97 Å². The smallest absolute Gasteiger partial charge is 0.338 e. The van der Waals surface area contributed by atoms with E-state index in [1.165, 1.54) is 7.11 Å². The number of carbonyl (C=O) groups is 2. The van der Waals surface area contributed by atoms with Crippen molar-refractivity contribution < 1.29 is 19.1 Å². The van der Waals surface area contributed by atoms with Crippen molar-refractivity contribution in [3.63, 3.8) is 0 Å². The van der Waals surface area contributed by atoms with Gasteiger partial charge >= 0.3 is 5.97 Å². The summed E-state index contributed by atoms with van der Waals surface area (Å²) in [7, 11) is 1.52. The van der Waals surface area contributed by atoms with Crippen molar-refractivity contribution in [3.8, 4) is 5.75 Å². The Labute approximate surface area is 139 Å². The third-order valence-electron chi connectivity index (χ3n) is 3.71. The molecule has 3 rings (SSSR count). The van der Waals surface area contributed by atoms with Crippen LogP contribution in [0, 0.1) is 0 Å². The fourth-order valence-corrected chi connectivity index (χ4v) is 2.41. The molecule has 0 amide bonds. The molecule has 0 saturated carbocycles. The second kappa shape index (κ2) is 6.96. The number of hydrogen-bond acceptors (Lipinski definition) is 4. The maximum atomic E-state index is 12.2. The lowest BCUT2D eigenvalue weighted by Gasteiger charge is -2.06. The molecule has 0 bridgehead atoms. The molecule has 3 aromatic rings. The predicted molar refractivity (Wildman–Crippen MR) is 91.6 cm³/mol. The number of carbonyl (C=O) groups excluding carboxylic acids is 2. The Morgan fingerprint density at radius 3 is 2.42 bits per heavy atom. The first kappa shape index (κ1) is 15.7. The summed E-state index contributed by atoms with van der Waals surface area (Å²) in [5, 5.41) is 2.03. The van der Waals surface area contributed by atoms with Crippen LogP contribution < -0.4 is 4.74 Å². The van der Waals surface area contributed by atoms with Crippen LogP contribution in [-0.2, 0) is 4.74 Å². The second-order valence-electron chi connectivity index (χ2n) is 5.29. The zero-order valence-corrected chi connectivity index (χ0v) is 13.2. The fraction of sp³-hybridized carbons (Fsp3) is 0.100. The highest BCUT2D eigenvalue weighted by molar-refractivity contribution is 6.02. The highest BCUT2D eigenvalue weighted by Crippen LogP contribution is 2.17. The number of methoxy groups -OCH3 is 1. The van der Waals surface area contributed by atoms with Crippen molar-refractivity contribution in [2.75, 3.05) is 13.7 Å². The molecule has 120 valence electrons. The van der Waals surface area contributed by atoms with Crippen LogP contribution in [0.25, 0.3) is 10.8 Å². The minimum Gasteiger partial charge on any atom is -0.497 e. The number of rotatable bonds is 5. The topological polar surface area (TPSA) is 52.6 Å². The van der Waals surface area contributed by atoms with Gasteiger partial charge in [-0.25, -0.2) is 4.79 Å². The second-order valence-corrected chi connectivity index (χ2v) is 5.29. The summed E-state index contributed by atoms with van der Waals surface area (Å²) in [5.74, 6) is -0.231. The Balaban J connectivity index is 1.68. The Morgan fingerprint density at radius 1 is 0.833 bits per heavy atom. The zero-order valence-electron chi connectivity index (χ0n) is 13.2. The van der Waals surface area contributed by atoms with Crippen molar-refractivity contribution in [2.45, 2.75) is 0 Å². The monoisotopic (exact) mass is 320 g/mol. The van der Waals surface area contributed by atoms with Crippen molar-refractivity contribution in [1.82, 2.24) is 0 Å². The summed E-state index contributed by atoms with van der Waals surface area (Å²) in [4.78, 5) is 24.3. The van der Waals surface area contributed by atoms with Crippen LogP contribution >= 0.6 is 0 Å². The van der Waals surface area contributed by atoms with Crippen molar-refractivity contribution in [3.05, 3.63) is 77.9 Å². The minimum absolute atomic E-state index is 0.239. The van der Waals surface area contributed by atoms with Gasteiger partial charge in [-0.2, -0.15) is 0 Å². The Morgan fingerprint density at radius 2 is 1.62 bits per heavy atom. The van der Waals surface area contributed by atoms with Gasteiger partial charge in [-0.15, -0.1) is 0 Å². The normalized spacial score (nSPS) is 10.4. The van der Waals surface area contributed by atoms with Crippen LogP contribution in [-0.4, -0.2) is 25.5 Å². The fourth-order valence-electron chi connectivity index (χ4n) is 2.41. The number of fused-ring (bicyclic) bond motifs is 1. The summed E-state index contributed by atoms with van der Waals surface area (Å²) in [6.07, 6.45) is 0. The quantitative estimate of drug-likeness (QED) is 0.529. The zero-order chi connectivity index (χ0) is 16.9. The summed E-state index contributed by atoms with van der Waals surface area (Å²) in [6.45, 7) is -0.297. The molecule has 0 unspecified atom stereocenters. The summed E-state index contributed by atoms with van der Waals surface area (Å²) in [5.41, 5.74) is 0.868. The molecule has 4 heteroatoms. The van der Waals surface area contributed by atoms with E-state index in [0.717, 1.165) is 10.8 Å². The number of hydrogen-bond donors (Lipinski definition) is 0. The average molecular weight is 320 g/mol. The van der Waals surface area contributed by atoms with Gasteiger partial charge in [0.15, 0.2) is 12.4 Å². The van der Waals surface area contributed by atoms with E-state index in [2.05, 4.69) is 0 Å². The Kier molecular flexibility index (Phi) is 4.57. The highest BCUT2D eigenvalue weighted by Gasteiger charge is 2.12. The van der Waals surface area contributed by atoms with Gasteiger partial charge in [0.2, 0.25) is 0 Å². The lowest BCUT2D eigenvalue weighted by Crippen LogP contribution is -2.14. The van der Waals surface area contributed by atoms with Crippen LogP contribution in [0.4, 0.5) is 0 Å². The van der Waals surface area contributed by atoms with Gasteiger partial charge in [-0.05, 0) is 35.0 Å². The molecule has 0 atom stereocenters. The molecule has 0 fully saturated rings. The Hall–Kier alpha value is -3.14. The number of benzene rings is 3. The van der Waals surface area contributed by atoms with Gasteiger partial charge in [-0.1, -0.05) is 42.5 Å². The maximum Gasteiger partial charge on any atom is 0.338 e. The molecule has 0 radical (unpaired) electrons. The van der Waals surface area contributed by atoms with E-state index in [1.807, 2.05) is 30.3 Å². The average Bonchev–Trinajstić information content (AvgIpc) is 2.65. The van der Waals surface area contributed by atoms with E-state index in [0.29, 0.717) is 16.9 Å². The number of ketones is 1. The van der Waals surface area contributed by atoms with Crippen LogP contribution in [0.15, 0.2) is 66.7 Å². The number of Topliss-reactive ketones (excluding diaryl/α,β-unsaturated/α-hetero) is 1. The SMILES string of the molecule is COc1cccc(C(=O)OCC(=O)c2ccc3ccccc3c2)c1. The molecule has 0 aromatic heterocycles. The van der Waals surface area contributed by atoms with Crippen molar-refractivity contribution in [2.24, 2.45) is 0 Å². The molecule has 4 nitrogen and oxygen atoms in total. The molecule has 0 aliphatic rings. The number of ether oxygens (including phenoxy) is 2. The maximum absolute atomic E-state index is 12.2. The molecule has 24 heavy (non-hydrogen) atoms. The van der Waals surface area contributed by atoms with Crippen LogP contribution in [0.1, 0.15) is 20.7 Å². The molecule has 0 spiro atoms. The Bertz CT molecular complexity index is 899. The minimum atomic E-state index is -0.553. The summed E-state index contributed by atoms with van der Waals surface area (Å²) < 4.78 is 10.2. The molecule has 0 saturated heterocycles. The van der Waals surface area contributed by atoms with Gasteiger partial charge in [0.05, 0.1) is 12.7 Å². The first-order chi connectivity index (χ1) is 11.7. The van der Waals surface area contributed by atoms with E-state index in [-0.39, 0.29) is 12.4 Å². The van der Waals surface area contributed by atoms with Crippen molar-refractivity contribution >= 4 is 22.5 Å². The first-order valence-electron chi connectivity index (χ1n) is 7.50. The van der Waals surface area contributed by atoms with Gasteiger partial charge < -0.3 is 9.47 Å². The van der Waals surface area contributed by atoms with E-state index >= 15 is 0 Å². The van der Waals surface area contributed by atoms with Gasteiger partial charge in [0.25, 0.3) is 0 Å². The third kappa shape index (κ3) is 3.43. The molecule has 0 heterocycles. The molecular weight excluding hydrogens is 304 g/mol. The summed E-state index contributed by atoms with van der Waals surface area (Å²) in [6, 6.07) is 19.8. The standard InChI is InChI=1S/C20H16O4/c1-23-18-8-4-7-17(12-18)20(22)24-13-19(21)16-10-9-14-5-2-3-6-15(14)11-16/h2-12H,13H2,1H3. The van der Waals surface area contributed by atoms with Gasteiger partial charge in [0, 0.05) is 5.56 Å². The molecule has 0 aliphatic carbocycles. The van der Waals surface area contributed by atoms with Crippen LogP contribution in [0.5, 0.6) is 5.75 Å². The highest BCUT2D eigenvalue weighted by atomic mass is 16.5. The van der Waals surface area contributed by atoms with E-state index in [1.54, 1.807) is 36.4 Å². The molecule has 3 aromatic carbocycles. The molecule has 0 aliphatic heterocycles. The third-order valence-corrected chi connectivity index (χ3v) is 3.71. The molecule has 0 N–H and O–H groups in total. The van der Waals surface area contributed by atoms with E-state index in [4.69, 9.17) is 9.47 Å².